The van der Waals surface area contributed by atoms with Crippen LogP contribution in [0.5, 0.6) is 0 Å². The van der Waals surface area contributed by atoms with E-state index in [1.54, 1.807) is 0 Å². The monoisotopic (exact) mass is 159 g/mol. The summed E-state index contributed by atoms with van der Waals surface area (Å²) in [5.74, 6) is 0. The van der Waals surface area contributed by atoms with Gasteiger partial charge in [0, 0.05) is 12.6 Å². The second-order valence-electron chi connectivity index (χ2n) is 3.88. The Morgan fingerprint density at radius 1 is 1.45 bits per heavy atom. The summed E-state index contributed by atoms with van der Waals surface area (Å²) in [6.45, 7) is 8.63. The standard InChI is InChI=1S/C9H21NO/c1-5-6-8(2)10-7-9(3,4)11/h8,10-11H,5-7H2,1-4H3/t8-/m0/s1. The minimum Gasteiger partial charge on any atom is -0.389 e. The molecule has 0 unspecified atom stereocenters. The third-order valence-electron chi connectivity index (χ3n) is 1.60. The molecule has 0 saturated carbocycles. The lowest BCUT2D eigenvalue weighted by atomic mass is 10.1. The zero-order valence-electron chi connectivity index (χ0n) is 8.15. The zero-order chi connectivity index (χ0) is 8.91. The van der Waals surface area contributed by atoms with Crippen LogP contribution in [0.25, 0.3) is 0 Å². The molecule has 0 aromatic rings. The predicted molar refractivity (Wildman–Crippen MR) is 48.7 cm³/mol. The minimum absolute atomic E-state index is 0.520. The SMILES string of the molecule is CCC[C@H](C)NCC(C)(C)O. The third kappa shape index (κ3) is 7.82. The molecule has 2 heteroatoms. The fraction of sp³-hybridized carbons (Fsp3) is 1.00. The van der Waals surface area contributed by atoms with Gasteiger partial charge >= 0.3 is 0 Å². The van der Waals surface area contributed by atoms with Crippen LogP contribution >= 0.6 is 0 Å². The zero-order valence-corrected chi connectivity index (χ0v) is 8.15. The Kier molecular flexibility index (Phi) is 4.69. The highest BCUT2D eigenvalue weighted by atomic mass is 16.3. The molecule has 0 aliphatic rings. The highest BCUT2D eigenvalue weighted by Crippen LogP contribution is 2.00. The van der Waals surface area contributed by atoms with Crippen molar-refractivity contribution in [2.24, 2.45) is 0 Å². The van der Waals surface area contributed by atoms with Crippen molar-refractivity contribution in [3.05, 3.63) is 0 Å². The lowest BCUT2D eigenvalue weighted by Crippen LogP contribution is -2.39. The molecule has 0 bridgehead atoms. The second-order valence-corrected chi connectivity index (χ2v) is 3.88. The van der Waals surface area contributed by atoms with Crippen molar-refractivity contribution in [1.82, 2.24) is 5.32 Å². The van der Waals surface area contributed by atoms with Crippen LogP contribution < -0.4 is 5.32 Å². The molecular formula is C9H21NO. The van der Waals surface area contributed by atoms with E-state index in [-0.39, 0.29) is 0 Å². The van der Waals surface area contributed by atoms with Gasteiger partial charge in [0.05, 0.1) is 5.60 Å². The van der Waals surface area contributed by atoms with Gasteiger partial charge in [0.25, 0.3) is 0 Å². The molecule has 0 fully saturated rings. The fourth-order valence-electron chi connectivity index (χ4n) is 0.959. The minimum atomic E-state index is -0.581. The van der Waals surface area contributed by atoms with Crippen LogP contribution in [0.15, 0.2) is 0 Å². The van der Waals surface area contributed by atoms with Gasteiger partial charge in [0.1, 0.15) is 0 Å². The van der Waals surface area contributed by atoms with E-state index in [9.17, 15) is 5.11 Å². The molecule has 2 nitrogen and oxygen atoms in total. The molecule has 0 radical (unpaired) electrons. The first-order valence-corrected chi connectivity index (χ1v) is 4.41. The van der Waals surface area contributed by atoms with Gasteiger partial charge in [-0.3, -0.25) is 0 Å². The maximum Gasteiger partial charge on any atom is 0.0715 e. The van der Waals surface area contributed by atoms with Gasteiger partial charge in [-0.05, 0) is 27.2 Å². The van der Waals surface area contributed by atoms with Crippen LogP contribution in [0.2, 0.25) is 0 Å². The summed E-state index contributed by atoms with van der Waals surface area (Å²) >= 11 is 0. The first kappa shape index (κ1) is 10.9. The van der Waals surface area contributed by atoms with Crippen LogP contribution in [0.4, 0.5) is 0 Å². The maximum atomic E-state index is 9.37. The highest BCUT2D eigenvalue weighted by molar-refractivity contribution is 4.71. The lowest BCUT2D eigenvalue weighted by molar-refractivity contribution is 0.0767. The summed E-state index contributed by atoms with van der Waals surface area (Å²) in [5.41, 5.74) is -0.581. The molecule has 0 aliphatic heterocycles. The number of nitrogens with one attached hydrogen (secondary N) is 1. The molecule has 11 heavy (non-hydrogen) atoms. The Bertz CT molecular complexity index is 96.2. The average Bonchev–Trinajstić information content (AvgIpc) is 1.83. The van der Waals surface area contributed by atoms with Crippen molar-refractivity contribution >= 4 is 0 Å². The van der Waals surface area contributed by atoms with Gasteiger partial charge < -0.3 is 10.4 Å². The van der Waals surface area contributed by atoms with E-state index >= 15 is 0 Å². The van der Waals surface area contributed by atoms with Crippen LogP contribution in [0, 0.1) is 0 Å². The van der Waals surface area contributed by atoms with E-state index in [1.165, 1.54) is 12.8 Å². The molecule has 0 aromatic heterocycles. The lowest BCUT2D eigenvalue weighted by Gasteiger charge is -2.21. The van der Waals surface area contributed by atoms with Crippen LogP contribution in [-0.2, 0) is 0 Å². The van der Waals surface area contributed by atoms with Gasteiger partial charge in [0.15, 0.2) is 0 Å². The summed E-state index contributed by atoms with van der Waals surface area (Å²) in [5, 5.41) is 12.6. The topological polar surface area (TPSA) is 32.3 Å². The Labute approximate surface area is 70.0 Å². The third-order valence-corrected chi connectivity index (χ3v) is 1.60. The molecule has 2 N–H and O–H groups in total. The summed E-state index contributed by atoms with van der Waals surface area (Å²) in [7, 11) is 0. The van der Waals surface area contributed by atoms with Gasteiger partial charge in [-0.1, -0.05) is 13.3 Å². The normalized spacial score (nSPS) is 15.0. The Hall–Kier alpha value is -0.0800. The number of hydrogen-bond acceptors (Lipinski definition) is 2. The largest absolute Gasteiger partial charge is 0.389 e. The van der Waals surface area contributed by atoms with Crippen molar-refractivity contribution in [3.63, 3.8) is 0 Å². The van der Waals surface area contributed by atoms with E-state index in [4.69, 9.17) is 0 Å². The van der Waals surface area contributed by atoms with Crippen LogP contribution in [0.3, 0.4) is 0 Å². The summed E-state index contributed by atoms with van der Waals surface area (Å²) < 4.78 is 0. The molecule has 0 aromatic carbocycles. The maximum absolute atomic E-state index is 9.37. The first-order chi connectivity index (χ1) is 4.95. The summed E-state index contributed by atoms with van der Waals surface area (Å²) in [6, 6.07) is 0.520. The van der Waals surface area contributed by atoms with Crippen molar-refractivity contribution in [3.8, 4) is 0 Å². The molecular weight excluding hydrogens is 138 g/mol. The smallest absolute Gasteiger partial charge is 0.0715 e. The first-order valence-electron chi connectivity index (χ1n) is 4.41. The van der Waals surface area contributed by atoms with Crippen molar-refractivity contribution in [2.45, 2.75) is 52.2 Å². The predicted octanol–water partition coefficient (Wildman–Crippen LogP) is 1.54. The Morgan fingerprint density at radius 2 is 2.00 bits per heavy atom. The molecule has 0 heterocycles. The van der Waals surface area contributed by atoms with Crippen LogP contribution in [-0.4, -0.2) is 23.3 Å². The molecule has 0 amide bonds. The fourth-order valence-corrected chi connectivity index (χ4v) is 0.959. The quantitative estimate of drug-likeness (QED) is 0.637. The average molecular weight is 159 g/mol. The van der Waals surface area contributed by atoms with E-state index < -0.39 is 5.60 Å². The van der Waals surface area contributed by atoms with E-state index in [1.807, 2.05) is 13.8 Å². The molecule has 68 valence electrons. The van der Waals surface area contributed by atoms with E-state index in [0.29, 0.717) is 12.6 Å². The van der Waals surface area contributed by atoms with E-state index in [2.05, 4.69) is 19.2 Å². The molecule has 0 rings (SSSR count). The summed E-state index contributed by atoms with van der Waals surface area (Å²) in [4.78, 5) is 0. The van der Waals surface area contributed by atoms with Gasteiger partial charge in [-0.2, -0.15) is 0 Å². The Balaban J connectivity index is 3.38. The number of rotatable bonds is 5. The molecule has 1 atom stereocenters. The number of aliphatic hydroxyl groups is 1. The molecule has 0 aliphatic carbocycles. The molecule has 0 spiro atoms. The number of hydrogen-bond donors (Lipinski definition) is 2. The highest BCUT2D eigenvalue weighted by Gasteiger charge is 2.12. The van der Waals surface area contributed by atoms with Crippen molar-refractivity contribution in [2.75, 3.05) is 6.54 Å². The van der Waals surface area contributed by atoms with Crippen molar-refractivity contribution < 1.29 is 5.11 Å². The Morgan fingerprint density at radius 3 is 2.36 bits per heavy atom. The van der Waals surface area contributed by atoms with Gasteiger partial charge in [0.2, 0.25) is 0 Å². The summed E-state index contributed by atoms with van der Waals surface area (Å²) in [6.07, 6.45) is 2.37. The molecule has 0 saturated heterocycles. The van der Waals surface area contributed by atoms with Crippen molar-refractivity contribution in [1.29, 1.82) is 0 Å². The second kappa shape index (κ2) is 4.73. The van der Waals surface area contributed by atoms with Crippen LogP contribution in [0.1, 0.15) is 40.5 Å². The van der Waals surface area contributed by atoms with E-state index in [0.717, 1.165) is 0 Å². The van der Waals surface area contributed by atoms with Gasteiger partial charge in [-0.15, -0.1) is 0 Å². The van der Waals surface area contributed by atoms with Gasteiger partial charge in [-0.25, -0.2) is 0 Å².